The molecule has 0 saturated carbocycles. The summed E-state index contributed by atoms with van der Waals surface area (Å²) in [4.78, 5) is 4.44. The van der Waals surface area contributed by atoms with E-state index in [4.69, 9.17) is 4.52 Å². The average Bonchev–Trinajstić information content (AvgIpc) is 3.01. The van der Waals surface area contributed by atoms with E-state index in [0.29, 0.717) is 11.7 Å². The summed E-state index contributed by atoms with van der Waals surface area (Å²) in [6.45, 7) is 1.98. The molecule has 3 rings (SSSR count). The van der Waals surface area contributed by atoms with E-state index in [1.807, 2.05) is 30.3 Å². The number of nitrogens with zero attached hydrogens (tertiary/aromatic N) is 2. The third-order valence-electron chi connectivity index (χ3n) is 2.88. The van der Waals surface area contributed by atoms with Crippen molar-refractivity contribution < 1.29 is 4.52 Å². The summed E-state index contributed by atoms with van der Waals surface area (Å²) in [5.41, 5.74) is 1.00. The molecule has 0 spiro atoms. The maximum Gasteiger partial charge on any atom is 0.231 e. The molecule has 1 N–H and O–H groups in total. The maximum absolute atomic E-state index is 5.30. The number of hydrogen-bond acceptors (Lipinski definition) is 4. The molecule has 1 aromatic carbocycles. The van der Waals surface area contributed by atoms with Crippen LogP contribution in [0.2, 0.25) is 0 Å². The molecule has 90 valence electrons. The fourth-order valence-electron chi connectivity index (χ4n) is 1.97. The standard InChI is InChI=1S/C12H13N3O.ClH/c1-2-4-9(5-3-1)11-14-12(16-15-11)10-6-7-13-8-10;/h1-5,10,13H,6-8H2;1H. The predicted octanol–water partition coefficient (Wildman–Crippen LogP) is 2.24. The smallest absolute Gasteiger partial charge is 0.231 e. The van der Waals surface area contributed by atoms with Gasteiger partial charge in [0.05, 0.1) is 5.92 Å². The molecule has 1 saturated heterocycles. The molecule has 2 heterocycles. The Hall–Kier alpha value is -1.39. The van der Waals surface area contributed by atoms with Crippen LogP contribution in [-0.4, -0.2) is 23.2 Å². The Morgan fingerprint density at radius 1 is 1.24 bits per heavy atom. The Kier molecular flexibility index (Phi) is 3.76. The highest BCUT2D eigenvalue weighted by Crippen LogP contribution is 2.23. The first-order valence-electron chi connectivity index (χ1n) is 5.53. The number of nitrogens with one attached hydrogen (secondary N) is 1. The Morgan fingerprint density at radius 3 is 2.76 bits per heavy atom. The molecule has 1 aromatic heterocycles. The summed E-state index contributed by atoms with van der Waals surface area (Å²) in [6, 6.07) is 9.90. The van der Waals surface area contributed by atoms with Crippen molar-refractivity contribution in [3.05, 3.63) is 36.2 Å². The van der Waals surface area contributed by atoms with Crippen LogP contribution in [0, 0.1) is 0 Å². The Bertz CT molecular complexity index is 466. The molecule has 2 aromatic rings. The molecule has 1 fully saturated rings. The molecule has 0 radical (unpaired) electrons. The number of rotatable bonds is 2. The quantitative estimate of drug-likeness (QED) is 0.889. The van der Waals surface area contributed by atoms with Gasteiger partial charge >= 0.3 is 0 Å². The van der Waals surface area contributed by atoms with E-state index in [2.05, 4.69) is 15.5 Å². The predicted molar refractivity (Wildman–Crippen MR) is 67.2 cm³/mol. The summed E-state index contributed by atoms with van der Waals surface area (Å²) in [7, 11) is 0. The zero-order chi connectivity index (χ0) is 10.8. The normalized spacial score (nSPS) is 18.9. The van der Waals surface area contributed by atoms with Gasteiger partial charge in [0.1, 0.15) is 0 Å². The fraction of sp³-hybridized carbons (Fsp3) is 0.333. The van der Waals surface area contributed by atoms with Crippen LogP contribution < -0.4 is 5.32 Å². The van der Waals surface area contributed by atoms with E-state index < -0.39 is 0 Å². The first-order valence-corrected chi connectivity index (χ1v) is 5.53. The van der Waals surface area contributed by atoms with Gasteiger partial charge in [-0.3, -0.25) is 0 Å². The van der Waals surface area contributed by atoms with Gasteiger partial charge in [0, 0.05) is 12.1 Å². The highest BCUT2D eigenvalue weighted by atomic mass is 35.5. The van der Waals surface area contributed by atoms with E-state index in [1.165, 1.54) is 0 Å². The lowest BCUT2D eigenvalue weighted by Crippen LogP contribution is -2.08. The van der Waals surface area contributed by atoms with Gasteiger partial charge in [0.25, 0.3) is 0 Å². The van der Waals surface area contributed by atoms with Crippen LogP contribution >= 0.6 is 12.4 Å². The second-order valence-corrected chi connectivity index (χ2v) is 4.01. The minimum absolute atomic E-state index is 0. The van der Waals surface area contributed by atoms with Gasteiger partial charge in [-0.25, -0.2) is 0 Å². The topological polar surface area (TPSA) is 51.0 Å². The van der Waals surface area contributed by atoms with Crippen LogP contribution in [0.1, 0.15) is 18.2 Å². The average molecular weight is 252 g/mol. The third-order valence-corrected chi connectivity index (χ3v) is 2.88. The van der Waals surface area contributed by atoms with Gasteiger partial charge in [-0.2, -0.15) is 4.98 Å². The maximum atomic E-state index is 5.30. The van der Waals surface area contributed by atoms with E-state index in [0.717, 1.165) is 31.0 Å². The zero-order valence-corrected chi connectivity index (χ0v) is 10.1. The van der Waals surface area contributed by atoms with Gasteiger partial charge in [-0.15, -0.1) is 12.4 Å². The van der Waals surface area contributed by atoms with Crippen molar-refractivity contribution in [1.29, 1.82) is 0 Å². The van der Waals surface area contributed by atoms with Crippen LogP contribution in [-0.2, 0) is 0 Å². The minimum Gasteiger partial charge on any atom is -0.339 e. The third kappa shape index (κ3) is 2.48. The van der Waals surface area contributed by atoms with Crippen LogP contribution in [0.25, 0.3) is 11.4 Å². The molecule has 0 bridgehead atoms. The molecule has 17 heavy (non-hydrogen) atoms. The lowest BCUT2D eigenvalue weighted by atomic mass is 10.1. The van der Waals surface area contributed by atoms with Crippen molar-refractivity contribution in [3.8, 4) is 11.4 Å². The molecule has 1 unspecified atom stereocenters. The second-order valence-electron chi connectivity index (χ2n) is 4.01. The van der Waals surface area contributed by atoms with E-state index in [-0.39, 0.29) is 12.4 Å². The van der Waals surface area contributed by atoms with Gasteiger partial charge < -0.3 is 9.84 Å². The van der Waals surface area contributed by atoms with Crippen LogP contribution in [0.4, 0.5) is 0 Å². The fourth-order valence-corrected chi connectivity index (χ4v) is 1.97. The Morgan fingerprint density at radius 2 is 2.06 bits per heavy atom. The zero-order valence-electron chi connectivity index (χ0n) is 9.30. The molecular formula is C12H14ClN3O. The van der Waals surface area contributed by atoms with Gasteiger partial charge in [0.2, 0.25) is 11.7 Å². The summed E-state index contributed by atoms with van der Waals surface area (Å²) in [5.74, 6) is 1.82. The number of benzene rings is 1. The van der Waals surface area contributed by atoms with Crippen molar-refractivity contribution in [1.82, 2.24) is 15.5 Å². The van der Waals surface area contributed by atoms with Crippen LogP contribution in [0.15, 0.2) is 34.9 Å². The van der Waals surface area contributed by atoms with Crippen LogP contribution in [0.5, 0.6) is 0 Å². The van der Waals surface area contributed by atoms with Crippen molar-refractivity contribution in [2.75, 3.05) is 13.1 Å². The lowest BCUT2D eigenvalue weighted by Gasteiger charge is -1.98. The SMILES string of the molecule is Cl.c1ccc(-c2noc(C3CCNC3)n2)cc1. The number of hydrogen-bond donors (Lipinski definition) is 1. The van der Waals surface area contributed by atoms with Gasteiger partial charge in [-0.05, 0) is 13.0 Å². The Labute approximate surface area is 106 Å². The summed E-state index contributed by atoms with van der Waals surface area (Å²) < 4.78 is 5.30. The molecular weight excluding hydrogens is 238 g/mol. The summed E-state index contributed by atoms with van der Waals surface area (Å²) in [5, 5.41) is 7.31. The molecule has 5 heteroatoms. The highest BCUT2D eigenvalue weighted by molar-refractivity contribution is 5.85. The highest BCUT2D eigenvalue weighted by Gasteiger charge is 2.22. The van der Waals surface area contributed by atoms with Crippen molar-refractivity contribution in [2.45, 2.75) is 12.3 Å². The van der Waals surface area contributed by atoms with Crippen molar-refractivity contribution >= 4 is 12.4 Å². The minimum atomic E-state index is 0. The van der Waals surface area contributed by atoms with Gasteiger partial charge in [0.15, 0.2) is 0 Å². The van der Waals surface area contributed by atoms with E-state index in [9.17, 15) is 0 Å². The monoisotopic (exact) mass is 251 g/mol. The molecule has 1 aliphatic heterocycles. The second kappa shape index (κ2) is 5.29. The van der Waals surface area contributed by atoms with Crippen molar-refractivity contribution in [3.63, 3.8) is 0 Å². The largest absolute Gasteiger partial charge is 0.339 e. The lowest BCUT2D eigenvalue weighted by molar-refractivity contribution is 0.359. The summed E-state index contributed by atoms with van der Waals surface area (Å²) in [6.07, 6.45) is 1.08. The molecule has 4 nitrogen and oxygen atoms in total. The van der Waals surface area contributed by atoms with Gasteiger partial charge in [-0.1, -0.05) is 35.5 Å². The number of halogens is 1. The molecule has 0 aliphatic carbocycles. The van der Waals surface area contributed by atoms with Crippen LogP contribution in [0.3, 0.4) is 0 Å². The summed E-state index contributed by atoms with van der Waals surface area (Å²) >= 11 is 0. The van der Waals surface area contributed by atoms with E-state index in [1.54, 1.807) is 0 Å². The molecule has 1 atom stereocenters. The molecule has 1 aliphatic rings. The van der Waals surface area contributed by atoms with Crippen molar-refractivity contribution in [2.24, 2.45) is 0 Å². The molecule has 0 amide bonds. The number of aromatic nitrogens is 2. The first kappa shape index (κ1) is 12.1. The Balaban J connectivity index is 0.00000108. The first-order chi connectivity index (χ1) is 7.93. The van der Waals surface area contributed by atoms with E-state index >= 15 is 0 Å².